The van der Waals surface area contributed by atoms with E-state index in [1.54, 1.807) is 103 Å². The maximum absolute atomic E-state index is 16.3. The molecule has 10 amide bonds. The molecular weight excluding hydrogens is 1730 g/mol. The number of nitrogens with zero attached hydrogens (tertiary/aromatic N) is 4. The molecule has 0 fully saturated rings. The van der Waals surface area contributed by atoms with Crippen LogP contribution in [0.15, 0.2) is 328 Å². The van der Waals surface area contributed by atoms with Crippen LogP contribution in [0.25, 0.3) is 0 Å². The number of nitrogens with one attached hydrogen (secondary N) is 10. The van der Waals surface area contributed by atoms with Gasteiger partial charge in [0.05, 0.1) is 31.9 Å². The number of carbonyl (C=O) groups is 11. The van der Waals surface area contributed by atoms with Crippen LogP contribution in [-0.2, 0) is 100 Å². The molecule has 0 unspecified atom stereocenters. The summed E-state index contributed by atoms with van der Waals surface area (Å²) in [5.41, 5.74) is 3.07. The third kappa shape index (κ3) is 25.6. The standard InChI is InChI=1S/C110H122N14O13/c1-73(2)64-93(105(134)136-11)117-98(127)88(62-63-94(125)121-108(77-44-24-13-25-45-77,78-46-26-14-27-47-78)79-48-28-15-29-49-79)113-103(132)96(74(3)4)119-101(130)89(65-76-42-22-12-23-43-76)114-99(128)90(66-86-70-124(72-112-86)110(83-56-36-19-37-57-83,84-58-38-20-39-59-84)85-60-40-21-41-61-85)116-104(133)97(75(5)6)120-102(131)92(115-100(129)91(67-87-69-111-71-123(87)10)118-106(135)137-107(7,8)9)68-95(126)122-109(80-50-30-16-31-51-80,81-52-32-17-33-53-81)82-54-34-18-35-55-82/h12-61,69-75,88-93,96-97H,62-68H2,1-11H3,(H,113,132)(H,114,128)(H,115,129)(H,116,133)(H,117,127)(H,118,135)(H,119,130)(H,120,131)(H,121,125)(H,122,126)/t88-,89+,90-,91-,92-,93-,96+,97+/m0/s1. The van der Waals surface area contributed by atoms with Crippen molar-refractivity contribution in [1.29, 1.82) is 0 Å². The number of alkyl carbamates (subject to hydrolysis) is 1. The van der Waals surface area contributed by atoms with Crippen LogP contribution in [0, 0.1) is 17.8 Å². The molecule has 0 aliphatic heterocycles. The van der Waals surface area contributed by atoms with Gasteiger partial charge in [0.2, 0.25) is 53.2 Å². The molecule has 710 valence electrons. The minimum Gasteiger partial charge on any atom is -0.467 e. The molecule has 0 aliphatic carbocycles. The lowest BCUT2D eigenvalue weighted by Gasteiger charge is -2.37. The first-order chi connectivity index (χ1) is 65.9. The van der Waals surface area contributed by atoms with E-state index in [0.717, 1.165) is 33.4 Å². The fourth-order valence-electron chi connectivity index (χ4n) is 17.3. The average molecular weight is 1850 g/mol. The van der Waals surface area contributed by atoms with E-state index < -0.39 is 154 Å². The molecule has 27 nitrogen and oxygen atoms in total. The number of methoxy groups -OCH3 is 1. The molecule has 0 spiro atoms. The summed E-state index contributed by atoms with van der Waals surface area (Å²) in [6.45, 7) is 15.3. The highest BCUT2D eigenvalue weighted by Gasteiger charge is 2.45. The topological polar surface area (TPSA) is 362 Å². The molecule has 0 radical (unpaired) electrons. The lowest BCUT2D eigenvalue weighted by atomic mass is 9.77. The SMILES string of the molecule is COC(=O)[C@H](CC(C)C)NC(=O)[C@H](CCC(=O)NC(c1ccccc1)(c1ccccc1)c1ccccc1)NC(=O)[C@H](NC(=O)[C@@H](Cc1ccccc1)NC(=O)[C@H](Cc1cn(C(c2ccccc2)(c2ccccc2)c2ccccc2)cn1)NC(=O)[C@H](NC(=O)[C@H](CC(=O)NC(c1ccccc1)(c1ccccc1)c1ccccc1)NC(=O)[C@H](Cc1cncn1C)NC(=O)OC(C)(C)C)C(C)C)C(C)C. The lowest BCUT2D eigenvalue weighted by Crippen LogP contribution is -2.62. The highest BCUT2D eigenvalue weighted by atomic mass is 16.6. The van der Waals surface area contributed by atoms with E-state index in [4.69, 9.17) is 14.5 Å². The fraction of sp³-hybridized carbons (Fsp3) is 0.300. The van der Waals surface area contributed by atoms with Crippen molar-refractivity contribution in [1.82, 2.24) is 72.3 Å². The molecular formula is C110H122N14O13. The van der Waals surface area contributed by atoms with Crippen molar-refractivity contribution in [2.45, 2.75) is 178 Å². The third-order valence-corrected chi connectivity index (χ3v) is 24.1. The van der Waals surface area contributed by atoms with Crippen molar-refractivity contribution in [3.8, 4) is 0 Å². The van der Waals surface area contributed by atoms with Gasteiger partial charge in [-0.2, -0.15) is 0 Å². The van der Waals surface area contributed by atoms with Crippen molar-refractivity contribution in [3.05, 3.63) is 395 Å². The first-order valence-corrected chi connectivity index (χ1v) is 46.2. The highest BCUT2D eigenvalue weighted by Crippen LogP contribution is 2.43. The van der Waals surface area contributed by atoms with Crippen molar-refractivity contribution in [2.75, 3.05) is 7.11 Å². The summed E-state index contributed by atoms with van der Waals surface area (Å²) >= 11 is 0. The second kappa shape index (κ2) is 47.0. The van der Waals surface area contributed by atoms with Crippen LogP contribution < -0.4 is 53.2 Å². The normalized spacial score (nSPS) is 13.4. The van der Waals surface area contributed by atoms with Gasteiger partial charge in [0.1, 0.15) is 70.6 Å². The van der Waals surface area contributed by atoms with Crippen LogP contribution in [0.3, 0.4) is 0 Å². The Morgan fingerprint density at radius 3 is 1.08 bits per heavy atom. The minimum absolute atomic E-state index is 0.129. The highest BCUT2D eigenvalue weighted by molar-refractivity contribution is 6.00. The van der Waals surface area contributed by atoms with Crippen LogP contribution in [0.2, 0.25) is 0 Å². The predicted molar refractivity (Wildman–Crippen MR) is 524 cm³/mol. The Hall–Kier alpha value is -15.4. The number of aryl methyl sites for hydroxylation is 1. The molecule has 12 aromatic rings. The summed E-state index contributed by atoms with van der Waals surface area (Å²) < 4.78 is 14.4. The van der Waals surface area contributed by atoms with E-state index in [-0.39, 0.29) is 50.1 Å². The van der Waals surface area contributed by atoms with Gasteiger partial charge >= 0.3 is 12.1 Å². The minimum atomic E-state index is -1.84. The number of imidazole rings is 2. The number of carbonyl (C=O) groups excluding carboxylic acids is 11. The fourth-order valence-corrected chi connectivity index (χ4v) is 17.3. The second-order valence-corrected chi connectivity index (χ2v) is 36.3. The summed E-state index contributed by atoms with van der Waals surface area (Å²) in [5, 5.41) is 29.4. The summed E-state index contributed by atoms with van der Waals surface area (Å²) in [6.07, 6.45) is 3.38. The van der Waals surface area contributed by atoms with Crippen LogP contribution in [0.5, 0.6) is 0 Å². The molecule has 0 aliphatic rings. The molecule has 27 heteroatoms. The van der Waals surface area contributed by atoms with Gasteiger partial charge in [-0.25, -0.2) is 19.6 Å². The second-order valence-electron chi connectivity index (χ2n) is 36.3. The maximum atomic E-state index is 16.3. The Bertz CT molecular complexity index is 5720. The summed E-state index contributed by atoms with van der Waals surface area (Å²) in [6, 6.07) is 81.7. The number of aromatic nitrogens is 4. The quantitative estimate of drug-likeness (QED) is 0.0125. The molecule has 10 aromatic carbocycles. The van der Waals surface area contributed by atoms with Crippen LogP contribution in [-0.4, -0.2) is 145 Å². The molecule has 2 aromatic heterocycles. The van der Waals surface area contributed by atoms with Crippen LogP contribution >= 0.6 is 0 Å². The number of hydrogen-bond acceptors (Lipinski definition) is 15. The largest absolute Gasteiger partial charge is 0.467 e. The Morgan fingerprint density at radius 1 is 0.365 bits per heavy atom. The third-order valence-electron chi connectivity index (χ3n) is 24.1. The van der Waals surface area contributed by atoms with Crippen molar-refractivity contribution in [3.63, 3.8) is 0 Å². The smallest absolute Gasteiger partial charge is 0.408 e. The Balaban J connectivity index is 0.901. The molecule has 0 saturated carbocycles. The van der Waals surface area contributed by atoms with E-state index in [9.17, 15) is 9.59 Å². The lowest BCUT2D eigenvalue weighted by molar-refractivity contribution is -0.146. The molecule has 12 rings (SSSR count). The van der Waals surface area contributed by atoms with Gasteiger partial charge in [-0.1, -0.05) is 345 Å². The zero-order chi connectivity index (χ0) is 97.8. The first kappa shape index (κ1) is 101. The van der Waals surface area contributed by atoms with Gasteiger partial charge in [0.25, 0.3) is 0 Å². The Morgan fingerprint density at radius 2 is 0.701 bits per heavy atom. The zero-order valence-corrected chi connectivity index (χ0v) is 79.1. The van der Waals surface area contributed by atoms with E-state index in [0.29, 0.717) is 27.9 Å². The number of hydrogen-bond donors (Lipinski definition) is 10. The number of amides is 10. The van der Waals surface area contributed by atoms with Crippen molar-refractivity contribution in [2.24, 2.45) is 24.8 Å². The summed E-state index contributed by atoms with van der Waals surface area (Å²) in [4.78, 5) is 177. The van der Waals surface area contributed by atoms with Gasteiger partial charge < -0.3 is 71.8 Å². The summed E-state index contributed by atoms with van der Waals surface area (Å²) in [7, 11) is 2.89. The zero-order valence-electron chi connectivity index (χ0n) is 79.1. The monoisotopic (exact) mass is 1850 g/mol. The molecule has 137 heavy (non-hydrogen) atoms. The molecule has 10 N–H and O–H groups in total. The van der Waals surface area contributed by atoms with Gasteiger partial charge in [0, 0.05) is 50.8 Å². The molecule has 8 atom stereocenters. The number of ether oxygens (including phenoxy) is 2. The van der Waals surface area contributed by atoms with Crippen LogP contribution in [0.4, 0.5) is 4.79 Å². The van der Waals surface area contributed by atoms with Gasteiger partial charge in [-0.05, 0) is 107 Å². The number of benzene rings is 10. The molecule has 0 bridgehead atoms. The van der Waals surface area contributed by atoms with E-state index in [1.165, 1.54) is 19.6 Å². The summed E-state index contributed by atoms with van der Waals surface area (Å²) in [5.74, 6) is -10.1. The van der Waals surface area contributed by atoms with Crippen molar-refractivity contribution >= 4 is 65.2 Å². The first-order valence-electron chi connectivity index (χ1n) is 46.2. The maximum Gasteiger partial charge on any atom is 0.408 e. The Labute approximate surface area is 800 Å². The predicted octanol–water partition coefficient (Wildman–Crippen LogP) is 12.7. The van der Waals surface area contributed by atoms with Crippen molar-refractivity contribution < 1.29 is 62.2 Å². The number of esters is 1. The van der Waals surface area contributed by atoms with Gasteiger partial charge in [0.15, 0.2) is 0 Å². The van der Waals surface area contributed by atoms with E-state index >= 15 is 43.2 Å². The molecule has 0 saturated heterocycles. The van der Waals surface area contributed by atoms with E-state index in [1.807, 2.05) is 291 Å². The number of rotatable bonds is 43. The van der Waals surface area contributed by atoms with Gasteiger partial charge in [-0.3, -0.25) is 43.2 Å². The Kier molecular flexibility index (Phi) is 34.5. The molecule has 2 heterocycles. The van der Waals surface area contributed by atoms with Gasteiger partial charge in [-0.15, -0.1) is 0 Å². The van der Waals surface area contributed by atoms with Crippen LogP contribution in [0.1, 0.15) is 155 Å². The average Bonchev–Trinajstić information content (AvgIpc) is 1.72. The van der Waals surface area contributed by atoms with E-state index in [2.05, 4.69) is 58.2 Å².